The second kappa shape index (κ2) is 8.97. The lowest BCUT2D eigenvalue weighted by atomic mass is 9.72. The van der Waals surface area contributed by atoms with Crippen molar-refractivity contribution in [2.24, 2.45) is 0 Å². The first-order chi connectivity index (χ1) is 15.3. The van der Waals surface area contributed by atoms with Gasteiger partial charge in [-0.05, 0) is 56.8 Å². The third kappa shape index (κ3) is 3.98. The highest BCUT2D eigenvalue weighted by molar-refractivity contribution is 6.36. The molecule has 2 aliphatic rings. The molecule has 0 aliphatic carbocycles. The second-order valence-electron chi connectivity index (χ2n) is 8.55. The molecule has 0 bridgehead atoms. The maximum absolute atomic E-state index is 12.7. The molecule has 0 saturated heterocycles. The first-order valence-corrected chi connectivity index (χ1v) is 11.4. The van der Waals surface area contributed by atoms with Gasteiger partial charge in [0.15, 0.2) is 11.5 Å². The van der Waals surface area contributed by atoms with Crippen LogP contribution in [0.1, 0.15) is 41.3 Å². The summed E-state index contributed by atoms with van der Waals surface area (Å²) in [7, 11) is 3.76. The zero-order valence-electron chi connectivity index (χ0n) is 18.5. The number of nitrogens with zero attached hydrogens (tertiary/aromatic N) is 1. The molecular formula is C25H27Cl2NO4. The van der Waals surface area contributed by atoms with E-state index in [0.717, 1.165) is 30.8 Å². The predicted molar refractivity (Wildman–Crippen MR) is 126 cm³/mol. The van der Waals surface area contributed by atoms with Gasteiger partial charge in [0.1, 0.15) is 12.2 Å². The Morgan fingerprint density at radius 3 is 2.84 bits per heavy atom. The van der Waals surface area contributed by atoms with Gasteiger partial charge in [0.2, 0.25) is 0 Å². The molecule has 0 fully saturated rings. The monoisotopic (exact) mass is 475 g/mol. The summed E-state index contributed by atoms with van der Waals surface area (Å²) < 4.78 is 17.8. The number of carbonyl (C=O) groups is 1. The van der Waals surface area contributed by atoms with E-state index in [4.69, 9.17) is 37.4 Å². The van der Waals surface area contributed by atoms with Gasteiger partial charge < -0.3 is 19.1 Å². The summed E-state index contributed by atoms with van der Waals surface area (Å²) in [6, 6.07) is 8.79. The van der Waals surface area contributed by atoms with Crippen molar-refractivity contribution in [3.63, 3.8) is 0 Å². The quantitative estimate of drug-likeness (QED) is 0.398. The van der Waals surface area contributed by atoms with E-state index in [1.54, 1.807) is 19.2 Å². The smallest absolute Gasteiger partial charge is 0.339 e. The summed E-state index contributed by atoms with van der Waals surface area (Å²) in [6.07, 6.45) is 2.72. The highest BCUT2D eigenvalue weighted by Gasteiger charge is 2.51. The van der Waals surface area contributed by atoms with E-state index in [0.29, 0.717) is 17.2 Å². The maximum Gasteiger partial charge on any atom is 0.339 e. The molecule has 0 amide bonds. The lowest BCUT2D eigenvalue weighted by Gasteiger charge is -2.32. The lowest BCUT2D eigenvalue weighted by Crippen LogP contribution is -2.40. The molecule has 2 aliphatic heterocycles. The normalized spacial score (nSPS) is 23.0. The number of methoxy groups -OCH3 is 1. The van der Waals surface area contributed by atoms with Crippen LogP contribution in [0, 0.1) is 0 Å². The van der Waals surface area contributed by atoms with Gasteiger partial charge in [-0.2, -0.15) is 0 Å². The SMILES string of the molecule is C=C[C@@]12CCN(C)Cc3ccc(OC)c(c31)OC2C[C@H](C)OC(=O)c1ccc(Cl)cc1Cl. The zero-order chi connectivity index (χ0) is 23.0. The molecule has 4 rings (SSSR count). The van der Waals surface area contributed by atoms with Gasteiger partial charge in [0.05, 0.1) is 23.1 Å². The van der Waals surface area contributed by atoms with Gasteiger partial charge in [0.25, 0.3) is 0 Å². The Bertz CT molecular complexity index is 1060. The number of esters is 1. The van der Waals surface area contributed by atoms with Crippen molar-refractivity contribution in [3.05, 3.63) is 69.7 Å². The standard InChI is InChI=1S/C25H27Cl2NO4/c1-5-25-10-11-28(3)14-16-6-9-20(30-4)23(22(16)25)32-21(25)12-15(2)31-24(29)18-8-7-17(26)13-19(18)27/h5-9,13,15,21H,1,10-12,14H2,2-4H3/t15-,21?,25-/m0/s1. The van der Waals surface area contributed by atoms with E-state index in [2.05, 4.69) is 24.6 Å². The first-order valence-electron chi connectivity index (χ1n) is 10.6. The third-order valence-electron chi connectivity index (χ3n) is 6.44. The highest BCUT2D eigenvalue weighted by atomic mass is 35.5. The predicted octanol–water partition coefficient (Wildman–Crippen LogP) is 5.66. The Morgan fingerprint density at radius 1 is 1.38 bits per heavy atom. The Labute approximate surface area is 198 Å². The van der Waals surface area contributed by atoms with Gasteiger partial charge in [-0.25, -0.2) is 4.79 Å². The van der Waals surface area contributed by atoms with Crippen LogP contribution in [-0.4, -0.2) is 43.8 Å². The molecule has 0 saturated carbocycles. The van der Waals surface area contributed by atoms with Crippen molar-refractivity contribution in [1.82, 2.24) is 4.90 Å². The van der Waals surface area contributed by atoms with Crippen LogP contribution in [0.25, 0.3) is 0 Å². The van der Waals surface area contributed by atoms with E-state index < -0.39 is 12.1 Å². The van der Waals surface area contributed by atoms with Crippen molar-refractivity contribution in [3.8, 4) is 11.5 Å². The van der Waals surface area contributed by atoms with E-state index in [1.807, 2.05) is 19.1 Å². The largest absolute Gasteiger partial charge is 0.493 e. The van der Waals surface area contributed by atoms with Crippen molar-refractivity contribution in [2.75, 3.05) is 20.7 Å². The van der Waals surface area contributed by atoms with E-state index in [9.17, 15) is 4.79 Å². The number of halogens is 2. The minimum Gasteiger partial charge on any atom is -0.493 e. The summed E-state index contributed by atoms with van der Waals surface area (Å²) in [4.78, 5) is 15.0. The molecule has 1 unspecified atom stereocenters. The minimum absolute atomic E-state index is 0.236. The first kappa shape index (κ1) is 23.0. The molecule has 32 heavy (non-hydrogen) atoms. The summed E-state index contributed by atoms with van der Waals surface area (Å²) in [5, 5.41) is 0.732. The number of rotatable bonds is 6. The topological polar surface area (TPSA) is 48.0 Å². The minimum atomic E-state index is -0.485. The number of hydrogen-bond donors (Lipinski definition) is 0. The Morgan fingerprint density at radius 2 is 2.16 bits per heavy atom. The van der Waals surface area contributed by atoms with Gasteiger partial charge in [0, 0.05) is 23.6 Å². The summed E-state index contributed by atoms with van der Waals surface area (Å²) in [5.74, 6) is 0.991. The Balaban J connectivity index is 1.60. The Hall–Kier alpha value is -2.21. The fourth-order valence-electron chi connectivity index (χ4n) is 4.81. The zero-order valence-corrected chi connectivity index (χ0v) is 20.0. The second-order valence-corrected chi connectivity index (χ2v) is 9.39. The molecule has 7 heteroatoms. The van der Waals surface area contributed by atoms with Crippen molar-refractivity contribution >= 4 is 29.2 Å². The van der Waals surface area contributed by atoms with Crippen molar-refractivity contribution in [1.29, 1.82) is 0 Å². The molecule has 3 atom stereocenters. The lowest BCUT2D eigenvalue weighted by molar-refractivity contribution is 0.0187. The van der Waals surface area contributed by atoms with Crippen LogP contribution in [0.15, 0.2) is 43.0 Å². The van der Waals surface area contributed by atoms with E-state index >= 15 is 0 Å². The van der Waals surface area contributed by atoms with Crippen LogP contribution in [0.3, 0.4) is 0 Å². The average Bonchev–Trinajstić information content (AvgIpc) is 2.97. The summed E-state index contributed by atoms with van der Waals surface area (Å²) >= 11 is 12.1. The third-order valence-corrected chi connectivity index (χ3v) is 6.99. The number of ether oxygens (including phenoxy) is 3. The van der Waals surface area contributed by atoms with E-state index in [-0.39, 0.29) is 22.1 Å². The van der Waals surface area contributed by atoms with Crippen LogP contribution >= 0.6 is 23.2 Å². The number of carbonyl (C=O) groups excluding carboxylic acids is 1. The fourth-order valence-corrected chi connectivity index (χ4v) is 5.29. The molecule has 0 aromatic heterocycles. The average molecular weight is 476 g/mol. The maximum atomic E-state index is 12.7. The van der Waals surface area contributed by atoms with Crippen LogP contribution in [-0.2, 0) is 16.7 Å². The van der Waals surface area contributed by atoms with Crippen molar-refractivity contribution < 1.29 is 19.0 Å². The molecule has 170 valence electrons. The van der Waals surface area contributed by atoms with Crippen LogP contribution in [0.5, 0.6) is 11.5 Å². The molecular weight excluding hydrogens is 449 g/mol. The molecule has 0 radical (unpaired) electrons. The summed E-state index contributed by atoms with van der Waals surface area (Å²) in [5.41, 5.74) is 2.25. The highest BCUT2D eigenvalue weighted by Crippen LogP contribution is 2.54. The van der Waals surface area contributed by atoms with Gasteiger partial charge in [-0.1, -0.05) is 35.3 Å². The van der Waals surface area contributed by atoms with Gasteiger partial charge in [-0.3, -0.25) is 0 Å². The van der Waals surface area contributed by atoms with Crippen LogP contribution < -0.4 is 9.47 Å². The molecule has 0 spiro atoms. The number of benzene rings is 2. The molecule has 2 aromatic rings. The summed E-state index contributed by atoms with van der Waals surface area (Å²) in [6.45, 7) is 7.79. The van der Waals surface area contributed by atoms with Crippen molar-refractivity contribution in [2.45, 2.75) is 43.9 Å². The van der Waals surface area contributed by atoms with Gasteiger partial charge in [-0.15, -0.1) is 6.58 Å². The molecule has 2 heterocycles. The van der Waals surface area contributed by atoms with Gasteiger partial charge >= 0.3 is 5.97 Å². The van der Waals surface area contributed by atoms with E-state index in [1.165, 1.54) is 11.6 Å². The molecule has 0 N–H and O–H groups in total. The Kier molecular flexibility index (Phi) is 6.44. The molecule has 2 aromatic carbocycles. The number of hydrogen-bond acceptors (Lipinski definition) is 5. The fraction of sp³-hybridized carbons (Fsp3) is 0.400. The molecule has 5 nitrogen and oxygen atoms in total. The van der Waals surface area contributed by atoms with Crippen LogP contribution in [0.4, 0.5) is 0 Å². The van der Waals surface area contributed by atoms with Crippen LogP contribution in [0.2, 0.25) is 10.0 Å².